The predicted molar refractivity (Wildman–Crippen MR) is 97.8 cm³/mol. The maximum atomic E-state index is 12.9. The van der Waals surface area contributed by atoms with Gasteiger partial charge in [0, 0.05) is 18.3 Å². The summed E-state index contributed by atoms with van der Waals surface area (Å²) in [5, 5.41) is 8.77. The van der Waals surface area contributed by atoms with Crippen LogP contribution in [0.5, 0.6) is 5.88 Å². The molecule has 1 aromatic heterocycles. The van der Waals surface area contributed by atoms with Gasteiger partial charge < -0.3 is 4.74 Å². The highest BCUT2D eigenvalue weighted by atomic mass is 32.2. The highest BCUT2D eigenvalue weighted by Crippen LogP contribution is 2.24. The van der Waals surface area contributed by atoms with Gasteiger partial charge in [-0.25, -0.2) is 22.5 Å². The van der Waals surface area contributed by atoms with Crippen molar-refractivity contribution in [3.8, 4) is 11.9 Å². The molecular formula is C19H20FN3O3S. The van der Waals surface area contributed by atoms with Crippen molar-refractivity contribution in [3.63, 3.8) is 0 Å². The molecule has 0 saturated heterocycles. The van der Waals surface area contributed by atoms with E-state index in [9.17, 15) is 12.8 Å². The third kappa shape index (κ3) is 5.74. The molecule has 0 bridgehead atoms. The van der Waals surface area contributed by atoms with Crippen LogP contribution in [0.2, 0.25) is 0 Å². The number of aromatic nitrogens is 1. The molecular weight excluding hydrogens is 369 g/mol. The van der Waals surface area contributed by atoms with Crippen LogP contribution in [-0.4, -0.2) is 25.5 Å². The first kappa shape index (κ1) is 19.3. The molecule has 0 amide bonds. The molecule has 0 atom stereocenters. The van der Waals surface area contributed by atoms with Crippen molar-refractivity contribution < 1.29 is 17.5 Å². The molecule has 1 aliphatic carbocycles. The van der Waals surface area contributed by atoms with Crippen LogP contribution < -0.4 is 9.46 Å². The lowest BCUT2D eigenvalue weighted by Gasteiger charge is -2.29. The molecule has 0 spiro atoms. The molecule has 2 aromatic rings. The molecule has 3 rings (SSSR count). The van der Waals surface area contributed by atoms with Gasteiger partial charge >= 0.3 is 0 Å². The van der Waals surface area contributed by atoms with Crippen LogP contribution >= 0.6 is 0 Å². The van der Waals surface area contributed by atoms with Crippen LogP contribution in [0, 0.1) is 17.1 Å². The average molecular weight is 389 g/mol. The zero-order valence-corrected chi connectivity index (χ0v) is 15.5. The summed E-state index contributed by atoms with van der Waals surface area (Å²) in [5.74, 6) is -0.0905. The first-order valence-corrected chi connectivity index (χ1v) is 10.4. The van der Waals surface area contributed by atoms with E-state index in [0.29, 0.717) is 42.7 Å². The van der Waals surface area contributed by atoms with Gasteiger partial charge in [0.25, 0.3) is 0 Å². The zero-order chi connectivity index (χ0) is 19.3. The van der Waals surface area contributed by atoms with E-state index in [-0.39, 0.29) is 23.7 Å². The molecule has 1 N–H and O–H groups in total. The van der Waals surface area contributed by atoms with Gasteiger partial charge in [-0.2, -0.15) is 5.26 Å². The van der Waals surface area contributed by atoms with Crippen molar-refractivity contribution in [2.24, 2.45) is 0 Å². The molecule has 142 valence electrons. The second-order valence-corrected chi connectivity index (χ2v) is 8.35. The normalized spacial score (nSPS) is 20.0. The highest BCUT2D eigenvalue weighted by molar-refractivity contribution is 7.88. The Hall–Kier alpha value is -2.50. The van der Waals surface area contributed by atoms with Crippen molar-refractivity contribution in [3.05, 3.63) is 59.5 Å². The Labute approximate surface area is 158 Å². The number of hydrogen-bond acceptors (Lipinski definition) is 5. The van der Waals surface area contributed by atoms with E-state index in [1.54, 1.807) is 12.1 Å². The Morgan fingerprint density at radius 1 is 1.15 bits per heavy atom. The molecule has 8 heteroatoms. The number of ether oxygens (including phenoxy) is 1. The summed E-state index contributed by atoms with van der Waals surface area (Å²) in [6.45, 7) is 0. The van der Waals surface area contributed by atoms with Crippen molar-refractivity contribution in [1.29, 1.82) is 5.26 Å². The molecule has 6 nitrogen and oxygen atoms in total. The van der Waals surface area contributed by atoms with E-state index in [4.69, 9.17) is 10.00 Å². The quantitative estimate of drug-likeness (QED) is 0.820. The summed E-state index contributed by atoms with van der Waals surface area (Å²) < 4.78 is 46.1. The van der Waals surface area contributed by atoms with Crippen LogP contribution in [0.25, 0.3) is 0 Å². The lowest BCUT2D eigenvalue weighted by atomic mass is 9.94. The van der Waals surface area contributed by atoms with Gasteiger partial charge in [0.05, 0.1) is 11.3 Å². The minimum Gasteiger partial charge on any atom is -0.474 e. The summed E-state index contributed by atoms with van der Waals surface area (Å²) in [4.78, 5) is 4.09. The smallest absolute Gasteiger partial charge is 0.216 e. The largest absolute Gasteiger partial charge is 0.474 e. The topological polar surface area (TPSA) is 92.1 Å². The first-order chi connectivity index (χ1) is 12.9. The number of rotatable bonds is 6. The SMILES string of the molecule is N#Cc1ccc(OC2CCC(NS(=O)(=O)Cc3ccc(F)cc3)CC2)nc1. The lowest BCUT2D eigenvalue weighted by molar-refractivity contribution is 0.138. The Kier molecular flexibility index (Phi) is 6.04. The van der Waals surface area contributed by atoms with Crippen LogP contribution in [0.1, 0.15) is 36.8 Å². The molecule has 1 aliphatic rings. The second kappa shape index (κ2) is 8.46. The van der Waals surface area contributed by atoms with Crippen molar-refractivity contribution in [2.45, 2.75) is 43.6 Å². The molecule has 1 aromatic carbocycles. The monoisotopic (exact) mass is 389 g/mol. The zero-order valence-electron chi connectivity index (χ0n) is 14.6. The minimum absolute atomic E-state index is 0.0247. The van der Waals surface area contributed by atoms with Crippen LogP contribution in [0.15, 0.2) is 42.6 Å². The molecule has 0 aliphatic heterocycles. The highest BCUT2D eigenvalue weighted by Gasteiger charge is 2.26. The van der Waals surface area contributed by atoms with Crippen LogP contribution in [0.3, 0.4) is 0 Å². The predicted octanol–water partition coefficient (Wildman–Crippen LogP) is 2.90. The molecule has 0 unspecified atom stereocenters. The van der Waals surface area contributed by atoms with Crippen molar-refractivity contribution in [2.75, 3.05) is 0 Å². The third-order valence-electron chi connectivity index (χ3n) is 4.44. The number of sulfonamides is 1. The van der Waals surface area contributed by atoms with Gasteiger partial charge in [0.2, 0.25) is 15.9 Å². The van der Waals surface area contributed by atoms with Gasteiger partial charge in [-0.3, -0.25) is 0 Å². The van der Waals surface area contributed by atoms with Gasteiger partial charge in [0.1, 0.15) is 18.0 Å². The molecule has 1 heterocycles. The average Bonchev–Trinajstić information content (AvgIpc) is 2.65. The Bertz CT molecular complexity index is 901. The van der Waals surface area contributed by atoms with E-state index in [0.717, 1.165) is 0 Å². The second-order valence-electron chi connectivity index (χ2n) is 6.59. The fourth-order valence-corrected chi connectivity index (χ4v) is 4.54. The summed E-state index contributed by atoms with van der Waals surface area (Å²) in [5.41, 5.74) is 1.02. The van der Waals surface area contributed by atoms with Gasteiger partial charge in [-0.05, 0) is 49.4 Å². The fraction of sp³-hybridized carbons (Fsp3) is 0.368. The molecule has 27 heavy (non-hydrogen) atoms. The number of benzene rings is 1. The maximum Gasteiger partial charge on any atom is 0.216 e. The van der Waals surface area contributed by atoms with Crippen LogP contribution in [-0.2, 0) is 15.8 Å². The summed E-state index contributed by atoms with van der Waals surface area (Å²) >= 11 is 0. The minimum atomic E-state index is -3.49. The van der Waals surface area contributed by atoms with Crippen molar-refractivity contribution in [1.82, 2.24) is 9.71 Å². The number of halogens is 1. The third-order valence-corrected chi connectivity index (χ3v) is 5.85. The van der Waals surface area contributed by atoms with E-state index < -0.39 is 10.0 Å². The van der Waals surface area contributed by atoms with E-state index in [2.05, 4.69) is 9.71 Å². The van der Waals surface area contributed by atoms with Gasteiger partial charge in [-0.15, -0.1) is 0 Å². The van der Waals surface area contributed by atoms with Gasteiger partial charge in [0.15, 0.2) is 0 Å². The fourth-order valence-electron chi connectivity index (χ4n) is 3.08. The van der Waals surface area contributed by atoms with Gasteiger partial charge in [-0.1, -0.05) is 12.1 Å². The number of hydrogen-bond donors (Lipinski definition) is 1. The molecule has 1 saturated carbocycles. The summed E-state index contributed by atoms with van der Waals surface area (Å²) in [7, 11) is -3.49. The number of nitrogens with zero attached hydrogens (tertiary/aromatic N) is 2. The van der Waals surface area contributed by atoms with E-state index >= 15 is 0 Å². The number of nitrogens with one attached hydrogen (secondary N) is 1. The van der Waals surface area contributed by atoms with Crippen LogP contribution in [0.4, 0.5) is 4.39 Å². The standard InChI is InChI=1S/C19H20FN3O3S/c20-16-4-1-14(2-5-16)13-27(24,25)23-17-6-8-18(9-7-17)26-19-10-3-15(11-21)12-22-19/h1-5,10,12,17-18,23H,6-9,13H2. The Morgan fingerprint density at radius 2 is 1.85 bits per heavy atom. The van der Waals surface area contributed by atoms with Crippen molar-refractivity contribution >= 4 is 10.0 Å². The van der Waals surface area contributed by atoms with E-state index in [1.807, 2.05) is 6.07 Å². The Morgan fingerprint density at radius 3 is 2.44 bits per heavy atom. The first-order valence-electron chi connectivity index (χ1n) is 8.71. The van der Waals surface area contributed by atoms with E-state index in [1.165, 1.54) is 30.5 Å². The molecule has 1 fully saturated rings. The number of nitriles is 1. The summed E-state index contributed by atoms with van der Waals surface area (Å²) in [6, 6.07) is 10.6. The summed E-state index contributed by atoms with van der Waals surface area (Å²) in [6.07, 6.45) is 4.21. The maximum absolute atomic E-state index is 12.9. The lowest BCUT2D eigenvalue weighted by Crippen LogP contribution is -2.40. The Balaban J connectivity index is 1.48. The molecule has 0 radical (unpaired) electrons. The number of pyridine rings is 1.